The van der Waals surface area contributed by atoms with Crippen LogP contribution < -0.4 is 0 Å². The fourth-order valence-corrected chi connectivity index (χ4v) is 2.02. The minimum absolute atomic E-state index is 0.0614. The molecule has 1 aromatic rings. The number of carbonyl (C=O) groups is 1. The van der Waals surface area contributed by atoms with Gasteiger partial charge in [-0.1, -0.05) is 0 Å². The van der Waals surface area contributed by atoms with Gasteiger partial charge in [0.1, 0.15) is 6.33 Å². The quantitative estimate of drug-likeness (QED) is 0.741. The molecule has 2 rings (SSSR count). The molecule has 86 valence electrons. The number of carbonyl (C=O) groups excluding carboxylic acids is 1. The molecule has 1 saturated heterocycles. The Bertz CT molecular complexity index is 372. The van der Waals surface area contributed by atoms with Gasteiger partial charge in [0.25, 0.3) is 0 Å². The van der Waals surface area contributed by atoms with E-state index in [2.05, 4.69) is 9.97 Å². The Kier molecular flexibility index (Phi) is 2.87. The predicted molar refractivity (Wildman–Crippen MR) is 57.4 cm³/mol. The molecule has 0 aliphatic carbocycles. The van der Waals surface area contributed by atoms with E-state index in [4.69, 9.17) is 0 Å². The number of aliphatic hydroxyl groups is 1. The highest BCUT2D eigenvalue weighted by Gasteiger charge is 2.35. The molecule has 0 spiro atoms. The van der Waals surface area contributed by atoms with Gasteiger partial charge in [0.15, 0.2) is 0 Å². The third kappa shape index (κ3) is 2.04. The zero-order valence-electron chi connectivity index (χ0n) is 9.26. The maximum atomic E-state index is 11.2. The normalized spacial score (nSPS) is 19.5. The molecule has 1 N–H and O–H groups in total. The lowest BCUT2D eigenvalue weighted by Crippen LogP contribution is -2.44. The van der Waals surface area contributed by atoms with Gasteiger partial charge in [0.05, 0.1) is 5.60 Å². The first-order valence-electron chi connectivity index (χ1n) is 5.35. The van der Waals surface area contributed by atoms with Crippen molar-refractivity contribution in [2.24, 2.45) is 0 Å². The monoisotopic (exact) mass is 221 g/mol. The van der Waals surface area contributed by atoms with Gasteiger partial charge in [-0.25, -0.2) is 9.97 Å². The molecule has 2 heterocycles. The summed E-state index contributed by atoms with van der Waals surface area (Å²) in [6, 6.07) is 0. The van der Waals surface area contributed by atoms with Crippen LogP contribution >= 0.6 is 0 Å². The zero-order chi connectivity index (χ0) is 11.6. The van der Waals surface area contributed by atoms with Crippen molar-refractivity contribution in [2.45, 2.75) is 25.4 Å². The summed E-state index contributed by atoms with van der Waals surface area (Å²) in [6.45, 7) is 2.72. The number of amides is 1. The molecule has 0 bridgehead atoms. The number of nitrogens with zero attached hydrogens (tertiary/aromatic N) is 3. The van der Waals surface area contributed by atoms with Crippen molar-refractivity contribution < 1.29 is 9.90 Å². The van der Waals surface area contributed by atoms with E-state index < -0.39 is 5.60 Å². The Morgan fingerprint density at radius 1 is 1.38 bits per heavy atom. The molecular formula is C11H15N3O2. The maximum absolute atomic E-state index is 11.2. The predicted octanol–water partition coefficient (Wildman–Crippen LogP) is 0.306. The average Bonchev–Trinajstić information content (AvgIpc) is 2.31. The fourth-order valence-electron chi connectivity index (χ4n) is 2.02. The van der Waals surface area contributed by atoms with Crippen LogP contribution in [0.4, 0.5) is 0 Å². The molecule has 5 heteroatoms. The second kappa shape index (κ2) is 4.17. The van der Waals surface area contributed by atoms with Crippen LogP contribution in [0, 0.1) is 0 Å². The highest BCUT2D eigenvalue weighted by atomic mass is 16.3. The van der Waals surface area contributed by atoms with Crippen molar-refractivity contribution in [3.8, 4) is 0 Å². The standard InChI is InChI=1S/C11H15N3O2/c1-9(15)14-4-2-11(16,3-5-14)10-6-12-8-13-7-10/h6-8,16H,2-5H2,1H3. The topological polar surface area (TPSA) is 66.3 Å². The molecule has 1 fully saturated rings. The Morgan fingerprint density at radius 2 is 1.94 bits per heavy atom. The van der Waals surface area contributed by atoms with Gasteiger partial charge in [0.2, 0.25) is 5.91 Å². The lowest BCUT2D eigenvalue weighted by Gasteiger charge is -2.37. The van der Waals surface area contributed by atoms with Crippen molar-refractivity contribution in [2.75, 3.05) is 13.1 Å². The van der Waals surface area contributed by atoms with Gasteiger partial charge in [-0.15, -0.1) is 0 Å². The highest BCUT2D eigenvalue weighted by Crippen LogP contribution is 2.31. The van der Waals surface area contributed by atoms with Crippen LogP contribution in [-0.2, 0) is 10.4 Å². The van der Waals surface area contributed by atoms with Crippen LogP contribution in [0.3, 0.4) is 0 Å². The average molecular weight is 221 g/mol. The summed E-state index contributed by atoms with van der Waals surface area (Å²) in [5.74, 6) is 0.0614. The van der Waals surface area contributed by atoms with Gasteiger partial charge in [-0.05, 0) is 12.8 Å². The first kappa shape index (κ1) is 11.0. The van der Waals surface area contributed by atoms with E-state index in [1.54, 1.807) is 24.2 Å². The van der Waals surface area contributed by atoms with Crippen molar-refractivity contribution >= 4 is 5.91 Å². The van der Waals surface area contributed by atoms with E-state index in [-0.39, 0.29) is 5.91 Å². The summed E-state index contributed by atoms with van der Waals surface area (Å²) >= 11 is 0. The van der Waals surface area contributed by atoms with E-state index in [9.17, 15) is 9.90 Å². The van der Waals surface area contributed by atoms with Crippen molar-refractivity contribution in [3.05, 3.63) is 24.3 Å². The van der Waals surface area contributed by atoms with E-state index in [0.29, 0.717) is 25.9 Å². The van der Waals surface area contributed by atoms with Crippen molar-refractivity contribution in [3.63, 3.8) is 0 Å². The molecule has 0 radical (unpaired) electrons. The Hall–Kier alpha value is -1.49. The van der Waals surface area contributed by atoms with E-state index >= 15 is 0 Å². The molecule has 5 nitrogen and oxygen atoms in total. The maximum Gasteiger partial charge on any atom is 0.219 e. The Morgan fingerprint density at radius 3 is 2.44 bits per heavy atom. The molecule has 0 aromatic carbocycles. The third-order valence-electron chi connectivity index (χ3n) is 3.13. The summed E-state index contributed by atoms with van der Waals surface area (Å²) < 4.78 is 0. The number of hydrogen-bond donors (Lipinski definition) is 1. The number of piperidine rings is 1. The van der Waals surface area contributed by atoms with Crippen LogP contribution in [0.5, 0.6) is 0 Å². The second-order valence-corrected chi connectivity index (χ2v) is 4.16. The molecule has 1 amide bonds. The number of rotatable bonds is 1. The Labute approximate surface area is 94.1 Å². The summed E-state index contributed by atoms with van der Waals surface area (Å²) in [4.78, 5) is 20.7. The van der Waals surface area contributed by atoms with Crippen LogP contribution in [0.2, 0.25) is 0 Å². The van der Waals surface area contributed by atoms with Crippen molar-refractivity contribution in [1.82, 2.24) is 14.9 Å². The van der Waals surface area contributed by atoms with E-state index in [1.807, 2.05) is 0 Å². The van der Waals surface area contributed by atoms with Gasteiger partial charge in [-0.2, -0.15) is 0 Å². The Balaban J connectivity index is 2.10. The molecular weight excluding hydrogens is 206 g/mol. The third-order valence-corrected chi connectivity index (χ3v) is 3.13. The first-order chi connectivity index (χ1) is 7.62. The minimum Gasteiger partial charge on any atom is -0.385 e. The fraction of sp³-hybridized carbons (Fsp3) is 0.545. The van der Waals surface area contributed by atoms with E-state index in [0.717, 1.165) is 5.56 Å². The second-order valence-electron chi connectivity index (χ2n) is 4.16. The molecule has 0 unspecified atom stereocenters. The summed E-state index contributed by atoms with van der Waals surface area (Å²) in [5.41, 5.74) is -0.147. The van der Waals surface area contributed by atoms with Gasteiger partial charge in [0, 0.05) is 38.0 Å². The van der Waals surface area contributed by atoms with Gasteiger partial charge < -0.3 is 10.0 Å². The van der Waals surface area contributed by atoms with Crippen LogP contribution in [0.1, 0.15) is 25.3 Å². The largest absolute Gasteiger partial charge is 0.385 e. The first-order valence-corrected chi connectivity index (χ1v) is 5.35. The summed E-state index contributed by atoms with van der Waals surface area (Å²) in [5, 5.41) is 10.4. The number of likely N-dealkylation sites (tertiary alicyclic amines) is 1. The SMILES string of the molecule is CC(=O)N1CCC(O)(c2cncnc2)CC1. The van der Waals surface area contributed by atoms with Crippen LogP contribution in [-0.4, -0.2) is 39.0 Å². The zero-order valence-corrected chi connectivity index (χ0v) is 9.26. The van der Waals surface area contributed by atoms with Crippen LogP contribution in [0.25, 0.3) is 0 Å². The molecule has 1 aliphatic rings. The van der Waals surface area contributed by atoms with Crippen LogP contribution in [0.15, 0.2) is 18.7 Å². The summed E-state index contributed by atoms with van der Waals surface area (Å²) in [7, 11) is 0. The molecule has 1 aliphatic heterocycles. The number of aromatic nitrogens is 2. The van der Waals surface area contributed by atoms with Gasteiger partial charge in [-0.3, -0.25) is 4.79 Å². The molecule has 0 atom stereocenters. The minimum atomic E-state index is -0.882. The lowest BCUT2D eigenvalue weighted by molar-refractivity contribution is -0.133. The highest BCUT2D eigenvalue weighted by molar-refractivity contribution is 5.73. The molecule has 1 aromatic heterocycles. The molecule has 16 heavy (non-hydrogen) atoms. The summed E-state index contributed by atoms with van der Waals surface area (Å²) in [6.07, 6.45) is 5.80. The lowest BCUT2D eigenvalue weighted by atomic mass is 9.86. The molecule has 0 saturated carbocycles. The smallest absolute Gasteiger partial charge is 0.219 e. The van der Waals surface area contributed by atoms with Gasteiger partial charge >= 0.3 is 0 Å². The number of hydrogen-bond acceptors (Lipinski definition) is 4. The van der Waals surface area contributed by atoms with E-state index in [1.165, 1.54) is 6.33 Å². The van der Waals surface area contributed by atoms with Crippen molar-refractivity contribution in [1.29, 1.82) is 0 Å².